The summed E-state index contributed by atoms with van der Waals surface area (Å²) in [6.07, 6.45) is 4.72. The Bertz CT molecular complexity index is 530. The van der Waals surface area contributed by atoms with Crippen molar-refractivity contribution in [1.29, 1.82) is 0 Å². The van der Waals surface area contributed by atoms with E-state index in [4.69, 9.17) is 0 Å². The zero-order valence-corrected chi connectivity index (χ0v) is 8.49. The molecule has 1 N–H and O–H groups in total. The number of amides is 1. The van der Waals surface area contributed by atoms with Crippen LogP contribution in [0.1, 0.15) is 19.3 Å². The van der Waals surface area contributed by atoms with Gasteiger partial charge < -0.3 is 5.32 Å². The molecule has 1 unspecified atom stereocenters. The van der Waals surface area contributed by atoms with Crippen molar-refractivity contribution in [2.45, 2.75) is 25.3 Å². The van der Waals surface area contributed by atoms with Crippen LogP contribution in [0.2, 0.25) is 0 Å². The van der Waals surface area contributed by atoms with Gasteiger partial charge in [0.1, 0.15) is 0 Å². The molecule has 1 amide bonds. The predicted molar refractivity (Wildman–Crippen MR) is 59.3 cm³/mol. The minimum Gasteiger partial charge on any atom is -0.349 e. The van der Waals surface area contributed by atoms with E-state index in [9.17, 15) is 4.79 Å². The molecule has 1 aliphatic heterocycles. The summed E-state index contributed by atoms with van der Waals surface area (Å²) in [7, 11) is 0. The van der Waals surface area contributed by atoms with Crippen molar-refractivity contribution in [2.75, 3.05) is 0 Å². The van der Waals surface area contributed by atoms with Crippen LogP contribution in [0.5, 0.6) is 0 Å². The standard InChI is InChI=1S/C13H13NO/c15-13-8-6-11-10-4-2-1-3-9(10)5-7-12(11)14-13/h1-5,12H,6-8H2,(H,14,15). The van der Waals surface area contributed by atoms with Crippen molar-refractivity contribution in [2.24, 2.45) is 0 Å². The van der Waals surface area contributed by atoms with Crippen molar-refractivity contribution in [1.82, 2.24) is 5.32 Å². The van der Waals surface area contributed by atoms with Crippen LogP contribution < -0.4 is 15.8 Å². The highest BCUT2D eigenvalue weighted by Gasteiger charge is 2.24. The van der Waals surface area contributed by atoms with E-state index in [1.54, 1.807) is 0 Å². The average Bonchev–Trinajstić information content (AvgIpc) is 2.28. The number of carbonyl (C=O) groups is 1. The first-order chi connectivity index (χ1) is 7.34. The lowest BCUT2D eigenvalue weighted by atomic mass is 9.88. The molecule has 0 bridgehead atoms. The van der Waals surface area contributed by atoms with Gasteiger partial charge in [0.05, 0.1) is 6.04 Å². The van der Waals surface area contributed by atoms with Crippen LogP contribution in [-0.2, 0) is 4.79 Å². The Kier molecular flexibility index (Phi) is 1.88. The lowest BCUT2D eigenvalue weighted by Crippen LogP contribution is -2.46. The van der Waals surface area contributed by atoms with Crippen LogP contribution in [0.25, 0.3) is 11.6 Å². The van der Waals surface area contributed by atoms with E-state index in [-0.39, 0.29) is 11.9 Å². The molecule has 15 heavy (non-hydrogen) atoms. The molecule has 2 nitrogen and oxygen atoms in total. The van der Waals surface area contributed by atoms with Gasteiger partial charge in [-0.3, -0.25) is 4.79 Å². The molecule has 1 aromatic carbocycles. The molecule has 1 aromatic rings. The fourth-order valence-electron chi connectivity index (χ4n) is 2.51. The molecule has 0 saturated carbocycles. The average molecular weight is 199 g/mol. The fourth-order valence-corrected chi connectivity index (χ4v) is 2.51. The summed E-state index contributed by atoms with van der Waals surface area (Å²) in [6, 6.07) is 8.69. The third kappa shape index (κ3) is 1.37. The smallest absolute Gasteiger partial charge is 0.220 e. The topological polar surface area (TPSA) is 29.1 Å². The second-order valence-corrected chi connectivity index (χ2v) is 4.17. The molecular formula is C13H13NO. The van der Waals surface area contributed by atoms with Crippen LogP contribution in [-0.4, -0.2) is 11.9 Å². The molecule has 3 rings (SSSR count). The Morgan fingerprint density at radius 1 is 1.20 bits per heavy atom. The molecular weight excluding hydrogens is 186 g/mol. The van der Waals surface area contributed by atoms with Crippen LogP contribution >= 0.6 is 0 Å². The molecule has 1 saturated heterocycles. The molecule has 1 aliphatic carbocycles. The SMILES string of the molecule is O=C1CCC2=c3ccccc3=CCC2N1. The first-order valence-electron chi connectivity index (χ1n) is 5.42. The second-order valence-electron chi connectivity index (χ2n) is 4.17. The molecule has 0 radical (unpaired) electrons. The van der Waals surface area contributed by atoms with Crippen molar-refractivity contribution in [3.63, 3.8) is 0 Å². The molecule has 0 spiro atoms. The van der Waals surface area contributed by atoms with Gasteiger partial charge in [-0.2, -0.15) is 0 Å². The number of nitrogens with one attached hydrogen (secondary N) is 1. The van der Waals surface area contributed by atoms with Crippen molar-refractivity contribution >= 4 is 17.6 Å². The summed E-state index contributed by atoms with van der Waals surface area (Å²) < 4.78 is 0. The predicted octanol–water partition coefficient (Wildman–Crippen LogP) is 0.300. The number of rotatable bonds is 0. The Labute approximate surface area is 88.3 Å². The summed E-state index contributed by atoms with van der Waals surface area (Å²) in [4.78, 5) is 11.3. The van der Waals surface area contributed by atoms with Gasteiger partial charge in [0.2, 0.25) is 5.91 Å². The number of hydrogen-bond acceptors (Lipinski definition) is 1. The van der Waals surface area contributed by atoms with Gasteiger partial charge in [0, 0.05) is 6.42 Å². The van der Waals surface area contributed by atoms with Gasteiger partial charge in [-0.15, -0.1) is 0 Å². The van der Waals surface area contributed by atoms with Crippen LogP contribution in [0, 0.1) is 0 Å². The van der Waals surface area contributed by atoms with Gasteiger partial charge >= 0.3 is 0 Å². The van der Waals surface area contributed by atoms with Crippen molar-refractivity contribution in [3.05, 3.63) is 34.7 Å². The maximum atomic E-state index is 11.3. The summed E-state index contributed by atoms with van der Waals surface area (Å²) in [5, 5.41) is 5.70. The Balaban J connectivity index is 2.22. The fraction of sp³-hybridized carbons (Fsp3) is 0.308. The van der Waals surface area contributed by atoms with Crippen LogP contribution in [0.15, 0.2) is 24.3 Å². The number of piperidine rings is 1. The van der Waals surface area contributed by atoms with Gasteiger partial charge in [-0.25, -0.2) is 0 Å². The largest absolute Gasteiger partial charge is 0.349 e. The lowest BCUT2D eigenvalue weighted by Gasteiger charge is -2.28. The van der Waals surface area contributed by atoms with Crippen molar-refractivity contribution < 1.29 is 4.79 Å². The van der Waals surface area contributed by atoms with Gasteiger partial charge in [-0.1, -0.05) is 30.3 Å². The van der Waals surface area contributed by atoms with Crippen molar-refractivity contribution in [3.8, 4) is 0 Å². The molecule has 1 fully saturated rings. The normalized spacial score (nSPS) is 23.6. The van der Waals surface area contributed by atoms with E-state index < -0.39 is 0 Å². The molecule has 1 atom stereocenters. The summed E-state index contributed by atoms with van der Waals surface area (Å²) in [5.41, 5.74) is 1.41. The molecule has 76 valence electrons. The first kappa shape index (κ1) is 8.72. The van der Waals surface area contributed by atoms with E-state index in [0.29, 0.717) is 6.42 Å². The zero-order chi connectivity index (χ0) is 10.3. The quantitative estimate of drug-likeness (QED) is 0.639. The highest BCUT2D eigenvalue weighted by molar-refractivity contribution is 5.83. The Morgan fingerprint density at radius 2 is 2.07 bits per heavy atom. The van der Waals surface area contributed by atoms with Crippen LogP contribution in [0.3, 0.4) is 0 Å². The number of carbonyl (C=O) groups excluding carboxylic acids is 1. The van der Waals surface area contributed by atoms with E-state index in [2.05, 4.69) is 35.7 Å². The Hall–Kier alpha value is -1.57. The van der Waals surface area contributed by atoms with E-state index in [0.717, 1.165) is 12.8 Å². The number of fused-ring (bicyclic) bond motifs is 2. The monoisotopic (exact) mass is 199 g/mol. The highest BCUT2D eigenvalue weighted by Crippen LogP contribution is 2.19. The zero-order valence-electron chi connectivity index (χ0n) is 8.49. The summed E-state index contributed by atoms with van der Waals surface area (Å²) >= 11 is 0. The van der Waals surface area contributed by atoms with Crippen LogP contribution in [0.4, 0.5) is 0 Å². The Morgan fingerprint density at radius 3 is 3.00 bits per heavy atom. The van der Waals surface area contributed by atoms with Gasteiger partial charge in [0.25, 0.3) is 0 Å². The second kappa shape index (κ2) is 3.23. The minimum atomic E-state index is 0.191. The van der Waals surface area contributed by atoms with Gasteiger partial charge in [0.15, 0.2) is 0 Å². The summed E-state index contributed by atoms with van der Waals surface area (Å²) in [5.74, 6) is 0.191. The lowest BCUT2D eigenvalue weighted by molar-refractivity contribution is -0.121. The molecule has 2 heteroatoms. The summed E-state index contributed by atoms with van der Waals surface area (Å²) in [6.45, 7) is 0. The third-order valence-corrected chi connectivity index (χ3v) is 3.26. The van der Waals surface area contributed by atoms with E-state index >= 15 is 0 Å². The highest BCUT2D eigenvalue weighted by atomic mass is 16.1. The first-order valence-corrected chi connectivity index (χ1v) is 5.42. The molecule has 1 heterocycles. The van der Waals surface area contributed by atoms with E-state index in [1.807, 2.05) is 0 Å². The minimum absolute atomic E-state index is 0.191. The molecule has 0 aromatic heterocycles. The number of hydrogen-bond donors (Lipinski definition) is 1. The third-order valence-electron chi connectivity index (χ3n) is 3.26. The maximum absolute atomic E-state index is 11.3. The maximum Gasteiger partial charge on any atom is 0.220 e. The number of benzene rings is 1. The molecule has 2 aliphatic rings. The van der Waals surface area contributed by atoms with E-state index in [1.165, 1.54) is 16.0 Å². The van der Waals surface area contributed by atoms with Gasteiger partial charge in [-0.05, 0) is 28.9 Å².